The average Bonchev–Trinajstić information content (AvgIpc) is 1.81. The molecule has 56 valence electrons. The fourth-order valence-electron chi connectivity index (χ4n) is 0.766. The summed E-state index contributed by atoms with van der Waals surface area (Å²) in [5.41, 5.74) is 0. The molecule has 0 aromatic rings. The van der Waals surface area contributed by atoms with E-state index in [-0.39, 0.29) is 11.7 Å². The Morgan fingerprint density at radius 2 is 2.00 bits per heavy atom. The summed E-state index contributed by atoms with van der Waals surface area (Å²) >= 11 is 0. The molecule has 0 saturated heterocycles. The van der Waals surface area contributed by atoms with E-state index in [2.05, 4.69) is 4.99 Å². The summed E-state index contributed by atoms with van der Waals surface area (Å²) in [5, 5.41) is 0. The summed E-state index contributed by atoms with van der Waals surface area (Å²) in [6, 6.07) is -0.502. The minimum Gasteiger partial charge on any atom is -0.298 e. The van der Waals surface area contributed by atoms with Crippen molar-refractivity contribution in [3.05, 3.63) is 0 Å². The van der Waals surface area contributed by atoms with Gasteiger partial charge in [0.05, 0.1) is 0 Å². The fraction of sp³-hybridized carbons (Fsp3) is 0.714. The second-order valence-electron chi connectivity index (χ2n) is 2.52. The van der Waals surface area contributed by atoms with Crippen LogP contribution in [0.4, 0.5) is 0 Å². The molecule has 1 atom stereocenters. The Kier molecular flexibility index (Phi) is 3.59. The normalized spacial score (nSPS) is 12.4. The van der Waals surface area contributed by atoms with Crippen LogP contribution < -0.4 is 0 Å². The highest BCUT2D eigenvalue weighted by molar-refractivity contribution is 5.82. The van der Waals surface area contributed by atoms with Crippen LogP contribution in [0.3, 0.4) is 0 Å². The molecule has 0 fully saturated rings. The summed E-state index contributed by atoms with van der Waals surface area (Å²) in [6.45, 7) is 5.10. The first-order chi connectivity index (χ1) is 4.59. The van der Waals surface area contributed by atoms with Crippen molar-refractivity contribution in [1.29, 1.82) is 0 Å². The largest absolute Gasteiger partial charge is 0.298 e. The first-order valence-corrected chi connectivity index (χ1v) is 3.17. The zero-order valence-electron chi connectivity index (χ0n) is 6.42. The fourth-order valence-corrected chi connectivity index (χ4v) is 0.766. The molecule has 0 unspecified atom stereocenters. The number of rotatable bonds is 3. The van der Waals surface area contributed by atoms with Gasteiger partial charge in [-0.3, -0.25) is 4.79 Å². The molecular formula is C7H11NO2. The van der Waals surface area contributed by atoms with E-state index in [4.69, 9.17) is 0 Å². The van der Waals surface area contributed by atoms with Gasteiger partial charge in [0.25, 0.3) is 0 Å². The molecule has 3 heteroatoms. The predicted octanol–water partition coefficient (Wildman–Crippen LogP) is 0.936. The third kappa shape index (κ3) is 2.55. The van der Waals surface area contributed by atoms with Gasteiger partial charge in [-0.2, -0.15) is 4.99 Å². The minimum absolute atomic E-state index is 0.0824. The van der Waals surface area contributed by atoms with Gasteiger partial charge >= 0.3 is 0 Å². The molecule has 0 spiro atoms. The Morgan fingerprint density at radius 3 is 2.10 bits per heavy atom. The molecule has 3 nitrogen and oxygen atoms in total. The minimum atomic E-state index is -0.502. The quantitative estimate of drug-likeness (QED) is 0.433. The molecule has 10 heavy (non-hydrogen) atoms. The molecule has 0 aliphatic rings. The highest BCUT2D eigenvalue weighted by Crippen LogP contribution is 2.05. The highest BCUT2D eigenvalue weighted by atomic mass is 16.1. The van der Waals surface area contributed by atoms with Crippen LogP contribution in [-0.4, -0.2) is 17.9 Å². The van der Waals surface area contributed by atoms with E-state index in [9.17, 15) is 9.59 Å². The SMILES string of the molecule is CC(=O)[C@@H](N=C=O)C(C)C. The van der Waals surface area contributed by atoms with Crippen LogP contribution >= 0.6 is 0 Å². The standard InChI is InChI=1S/C7H11NO2/c1-5(2)7(6(3)10)8-4-9/h5,7H,1-3H3/t7-/m0/s1. The lowest BCUT2D eigenvalue weighted by atomic mass is 10.0. The summed E-state index contributed by atoms with van der Waals surface area (Å²) in [7, 11) is 0. The van der Waals surface area contributed by atoms with Crippen LogP contribution in [0.15, 0.2) is 4.99 Å². The maximum atomic E-state index is 10.7. The molecular weight excluding hydrogens is 130 g/mol. The lowest BCUT2D eigenvalue weighted by Gasteiger charge is -2.08. The smallest absolute Gasteiger partial charge is 0.235 e. The van der Waals surface area contributed by atoms with Crippen LogP contribution in [0.5, 0.6) is 0 Å². The van der Waals surface area contributed by atoms with Gasteiger partial charge in [-0.05, 0) is 12.8 Å². The first kappa shape index (κ1) is 9.05. The Labute approximate surface area is 60.1 Å². The van der Waals surface area contributed by atoms with Crippen LogP contribution in [0.25, 0.3) is 0 Å². The first-order valence-electron chi connectivity index (χ1n) is 3.17. The highest BCUT2D eigenvalue weighted by Gasteiger charge is 2.16. The Hall–Kier alpha value is -0.950. The van der Waals surface area contributed by atoms with E-state index in [1.54, 1.807) is 0 Å². The number of nitrogens with zero attached hydrogens (tertiary/aromatic N) is 1. The lowest BCUT2D eigenvalue weighted by molar-refractivity contribution is -0.118. The summed E-state index contributed by atoms with van der Waals surface area (Å²) in [5.74, 6) is -0.00250. The third-order valence-electron chi connectivity index (χ3n) is 1.24. The molecule has 0 heterocycles. The lowest BCUT2D eigenvalue weighted by Crippen LogP contribution is -2.21. The van der Waals surface area contributed by atoms with Crippen molar-refractivity contribution in [2.75, 3.05) is 0 Å². The van der Waals surface area contributed by atoms with Crippen LogP contribution in [-0.2, 0) is 9.59 Å². The molecule has 0 aliphatic heterocycles. The van der Waals surface area contributed by atoms with Crippen molar-refractivity contribution < 1.29 is 9.59 Å². The second-order valence-corrected chi connectivity index (χ2v) is 2.52. The number of carbonyl (C=O) groups is 1. The number of aliphatic imine (C=N–C) groups is 1. The van der Waals surface area contributed by atoms with Crippen molar-refractivity contribution >= 4 is 11.9 Å². The molecule has 0 aromatic heterocycles. The second kappa shape index (κ2) is 3.96. The summed E-state index contributed by atoms with van der Waals surface area (Å²) in [4.78, 5) is 23.9. The maximum Gasteiger partial charge on any atom is 0.235 e. The number of ketones is 1. The van der Waals surface area contributed by atoms with Gasteiger partial charge in [0, 0.05) is 0 Å². The van der Waals surface area contributed by atoms with Crippen molar-refractivity contribution in [1.82, 2.24) is 0 Å². The van der Waals surface area contributed by atoms with Crippen molar-refractivity contribution in [2.45, 2.75) is 26.8 Å². The number of hydrogen-bond acceptors (Lipinski definition) is 3. The molecule has 0 rings (SSSR count). The monoisotopic (exact) mass is 141 g/mol. The summed E-state index contributed by atoms with van der Waals surface area (Å²) in [6.07, 6.45) is 1.38. The van der Waals surface area contributed by atoms with Gasteiger partial charge < -0.3 is 0 Å². The van der Waals surface area contributed by atoms with Crippen LogP contribution in [0, 0.1) is 5.92 Å². The van der Waals surface area contributed by atoms with Gasteiger partial charge in [-0.1, -0.05) is 13.8 Å². The van der Waals surface area contributed by atoms with E-state index in [0.717, 1.165) is 0 Å². The van der Waals surface area contributed by atoms with E-state index in [1.807, 2.05) is 13.8 Å². The zero-order chi connectivity index (χ0) is 8.15. The Balaban J connectivity index is 4.26. The molecule has 0 saturated carbocycles. The number of Topliss-reactive ketones (excluding diaryl/α,β-unsaturated/α-hetero) is 1. The topological polar surface area (TPSA) is 46.5 Å². The molecule has 0 aromatic carbocycles. The van der Waals surface area contributed by atoms with E-state index in [1.165, 1.54) is 13.0 Å². The molecule has 0 bridgehead atoms. The number of carbonyl (C=O) groups excluding carboxylic acids is 2. The van der Waals surface area contributed by atoms with Gasteiger partial charge in [-0.25, -0.2) is 4.79 Å². The van der Waals surface area contributed by atoms with Gasteiger partial charge in [0.15, 0.2) is 5.78 Å². The number of isocyanates is 1. The average molecular weight is 141 g/mol. The molecule has 0 radical (unpaired) electrons. The zero-order valence-corrected chi connectivity index (χ0v) is 6.42. The van der Waals surface area contributed by atoms with Crippen LogP contribution in [0.1, 0.15) is 20.8 Å². The summed E-state index contributed by atoms with van der Waals surface area (Å²) < 4.78 is 0. The Bertz CT molecular complexity index is 166. The van der Waals surface area contributed by atoms with E-state index < -0.39 is 6.04 Å². The van der Waals surface area contributed by atoms with Crippen molar-refractivity contribution in [2.24, 2.45) is 10.9 Å². The molecule has 0 aliphatic carbocycles. The third-order valence-corrected chi connectivity index (χ3v) is 1.24. The maximum absolute atomic E-state index is 10.7. The van der Waals surface area contributed by atoms with Crippen molar-refractivity contribution in [3.8, 4) is 0 Å². The van der Waals surface area contributed by atoms with E-state index >= 15 is 0 Å². The van der Waals surface area contributed by atoms with Gasteiger partial charge in [0.2, 0.25) is 6.08 Å². The van der Waals surface area contributed by atoms with E-state index in [0.29, 0.717) is 0 Å². The van der Waals surface area contributed by atoms with Crippen molar-refractivity contribution in [3.63, 3.8) is 0 Å². The Morgan fingerprint density at radius 1 is 1.50 bits per heavy atom. The van der Waals surface area contributed by atoms with Crippen LogP contribution in [0.2, 0.25) is 0 Å². The number of hydrogen-bond donors (Lipinski definition) is 0. The molecule has 0 N–H and O–H groups in total. The predicted molar refractivity (Wildman–Crippen MR) is 37.4 cm³/mol. The van der Waals surface area contributed by atoms with Gasteiger partial charge in [-0.15, -0.1) is 0 Å². The molecule has 0 amide bonds. The van der Waals surface area contributed by atoms with Gasteiger partial charge in [0.1, 0.15) is 6.04 Å².